The number of guanidine groups is 1. The molecule has 0 radical (unpaired) electrons. The highest BCUT2D eigenvalue weighted by Gasteiger charge is 2.32. The van der Waals surface area contributed by atoms with E-state index >= 15 is 0 Å². The molecule has 0 aromatic heterocycles. The first kappa shape index (κ1) is 23.2. The number of rotatable bonds is 7. The molecule has 0 bridgehead atoms. The minimum Gasteiger partial charge on any atom is -0.494 e. The van der Waals surface area contributed by atoms with Gasteiger partial charge in [-0.3, -0.25) is 9.89 Å². The average molecular weight is 439 g/mol. The highest BCUT2D eigenvalue weighted by molar-refractivity contribution is 8.00. The maximum Gasteiger partial charge on any atom is 0.191 e. The third-order valence-electron chi connectivity index (χ3n) is 6.19. The Morgan fingerprint density at radius 3 is 2.67 bits per heavy atom. The van der Waals surface area contributed by atoms with Crippen LogP contribution in [0.3, 0.4) is 0 Å². The van der Waals surface area contributed by atoms with E-state index in [0.29, 0.717) is 11.8 Å². The van der Waals surface area contributed by atoms with Gasteiger partial charge in [0.25, 0.3) is 0 Å². The van der Waals surface area contributed by atoms with E-state index in [1.54, 1.807) is 12.1 Å². The fraction of sp³-hybridized carbons (Fsp3) is 0.682. The van der Waals surface area contributed by atoms with Crippen molar-refractivity contribution in [1.82, 2.24) is 15.5 Å². The monoisotopic (exact) mass is 438 g/mol. The van der Waals surface area contributed by atoms with Gasteiger partial charge in [0.2, 0.25) is 0 Å². The summed E-state index contributed by atoms with van der Waals surface area (Å²) in [6.07, 6.45) is 6.42. The summed E-state index contributed by atoms with van der Waals surface area (Å²) in [6, 6.07) is 5.62. The Morgan fingerprint density at radius 1 is 1.33 bits per heavy atom. The van der Waals surface area contributed by atoms with Crippen LogP contribution in [0.5, 0.6) is 5.75 Å². The maximum atomic E-state index is 13.9. The normalized spacial score (nSPS) is 20.7. The van der Waals surface area contributed by atoms with Crippen molar-refractivity contribution < 1.29 is 13.9 Å². The second kappa shape index (κ2) is 11.2. The average Bonchev–Trinajstić information content (AvgIpc) is 2.78. The molecule has 1 aromatic rings. The zero-order valence-corrected chi connectivity index (χ0v) is 19.2. The topological polar surface area (TPSA) is 58.1 Å². The summed E-state index contributed by atoms with van der Waals surface area (Å²) < 4.78 is 24.7. The molecule has 3 rings (SSSR count). The number of aliphatic imine (C=N–C) groups is 1. The summed E-state index contributed by atoms with van der Waals surface area (Å²) in [7, 11) is 3.32. The minimum atomic E-state index is -0.297. The molecule has 6 nitrogen and oxygen atoms in total. The number of likely N-dealkylation sites (tertiary alicyclic amines) is 1. The molecule has 0 spiro atoms. The molecule has 0 unspecified atom stereocenters. The number of hydrogen-bond donors (Lipinski definition) is 2. The van der Waals surface area contributed by atoms with Crippen LogP contribution >= 0.6 is 11.8 Å². The van der Waals surface area contributed by atoms with Crippen molar-refractivity contribution in [3.63, 3.8) is 0 Å². The number of halogens is 1. The summed E-state index contributed by atoms with van der Waals surface area (Å²) in [6.45, 7) is 5.30. The van der Waals surface area contributed by atoms with Crippen LogP contribution < -0.4 is 15.4 Å². The molecule has 168 valence electrons. The predicted octanol–water partition coefficient (Wildman–Crippen LogP) is 2.88. The predicted molar refractivity (Wildman–Crippen MR) is 122 cm³/mol. The lowest BCUT2D eigenvalue weighted by atomic mass is 9.99. The Hall–Kier alpha value is -1.51. The molecule has 0 aliphatic carbocycles. The molecule has 0 amide bonds. The van der Waals surface area contributed by atoms with Gasteiger partial charge in [-0.25, -0.2) is 4.39 Å². The number of methoxy groups -OCH3 is 1. The third kappa shape index (κ3) is 6.25. The number of hydrogen-bond acceptors (Lipinski definition) is 5. The van der Waals surface area contributed by atoms with Crippen LogP contribution in [-0.2, 0) is 11.3 Å². The molecule has 2 aliphatic rings. The van der Waals surface area contributed by atoms with Crippen molar-refractivity contribution in [2.75, 3.05) is 53.3 Å². The van der Waals surface area contributed by atoms with E-state index in [-0.39, 0.29) is 10.6 Å². The summed E-state index contributed by atoms with van der Waals surface area (Å²) in [4.78, 5) is 6.81. The Kier molecular flexibility index (Phi) is 8.65. The van der Waals surface area contributed by atoms with Gasteiger partial charge in [-0.1, -0.05) is 6.07 Å². The summed E-state index contributed by atoms with van der Waals surface area (Å²) >= 11 is 1.93. The maximum absolute atomic E-state index is 13.9. The highest BCUT2D eigenvalue weighted by atomic mass is 32.2. The first-order valence-electron chi connectivity index (χ1n) is 10.7. The van der Waals surface area contributed by atoms with Crippen LogP contribution in [-0.4, -0.2) is 74.9 Å². The molecule has 2 heterocycles. The van der Waals surface area contributed by atoms with E-state index in [4.69, 9.17) is 9.47 Å². The lowest BCUT2D eigenvalue weighted by molar-refractivity contribution is 0.0782. The molecule has 8 heteroatoms. The van der Waals surface area contributed by atoms with Crippen LogP contribution in [0.4, 0.5) is 4.39 Å². The largest absolute Gasteiger partial charge is 0.494 e. The van der Waals surface area contributed by atoms with Gasteiger partial charge in [-0.15, -0.1) is 0 Å². The van der Waals surface area contributed by atoms with Gasteiger partial charge in [-0.05, 0) is 49.6 Å². The number of nitrogens with one attached hydrogen (secondary N) is 2. The summed E-state index contributed by atoms with van der Waals surface area (Å²) in [5, 5.41) is 7.13. The number of nitrogens with zero attached hydrogens (tertiary/aromatic N) is 2. The standard InChI is InChI=1S/C22H35FN4O2S/c1-24-21(25-16-22(30-3)8-12-29-13-9-22)26-18-6-10-27(11-7-18)15-17-4-5-20(28-2)19(23)14-17/h4-5,14,18H,6-13,15-16H2,1-3H3,(H2,24,25,26). The van der Waals surface area contributed by atoms with E-state index in [2.05, 4.69) is 26.8 Å². The van der Waals surface area contributed by atoms with Crippen molar-refractivity contribution in [2.24, 2.45) is 4.99 Å². The number of piperidine rings is 1. The van der Waals surface area contributed by atoms with Crippen molar-refractivity contribution in [2.45, 2.75) is 43.0 Å². The summed E-state index contributed by atoms with van der Waals surface area (Å²) in [5.74, 6) is 0.879. The Labute approximate surface area is 184 Å². The smallest absolute Gasteiger partial charge is 0.191 e. The van der Waals surface area contributed by atoms with Crippen LogP contribution in [0.2, 0.25) is 0 Å². The van der Waals surface area contributed by atoms with E-state index in [1.807, 2.05) is 24.9 Å². The van der Waals surface area contributed by atoms with E-state index < -0.39 is 0 Å². The first-order chi connectivity index (χ1) is 14.6. The van der Waals surface area contributed by atoms with E-state index in [9.17, 15) is 4.39 Å². The van der Waals surface area contributed by atoms with E-state index in [0.717, 1.165) is 76.6 Å². The van der Waals surface area contributed by atoms with Gasteiger partial charge in [0, 0.05) is 57.2 Å². The lowest BCUT2D eigenvalue weighted by Gasteiger charge is -2.37. The SMILES string of the molecule is CN=C(NCC1(SC)CCOCC1)NC1CCN(Cc2ccc(OC)c(F)c2)CC1. The first-order valence-corrected chi connectivity index (χ1v) is 11.9. The molecule has 2 saturated heterocycles. The molecule has 2 fully saturated rings. The number of benzene rings is 1. The second-order valence-electron chi connectivity index (χ2n) is 8.09. The second-order valence-corrected chi connectivity index (χ2v) is 9.36. The van der Waals surface area contributed by atoms with Gasteiger partial charge in [0.1, 0.15) is 0 Å². The number of thioether (sulfide) groups is 1. The third-order valence-corrected chi connectivity index (χ3v) is 7.61. The van der Waals surface area contributed by atoms with Crippen LogP contribution in [0.15, 0.2) is 23.2 Å². The molecule has 2 aliphatic heterocycles. The van der Waals surface area contributed by atoms with Crippen molar-refractivity contribution in [1.29, 1.82) is 0 Å². The van der Waals surface area contributed by atoms with Gasteiger partial charge >= 0.3 is 0 Å². The number of ether oxygens (including phenoxy) is 2. The molecular weight excluding hydrogens is 403 g/mol. The molecule has 2 N–H and O–H groups in total. The fourth-order valence-electron chi connectivity index (χ4n) is 4.13. The zero-order chi connectivity index (χ0) is 21.4. The molecular formula is C22H35FN4O2S. The molecule has 0 atom stereocenters. The van der Waals surface area contributed by atoms with Crippen molar-refractivity contribution in [3.05, 3.63) is 29.6 Å². The van der Waals surface area contributed by atoms with Gasteiger partial charge < -0.3 is 20.1 Å². The Morgan fingerprint density at radius 2 is 2.07 bits per heavy atom. The van der Waals surface area contributed by atoms with Gasteiger partial charge in [0.15, 0.2) is 17.5 Å². The van der Waals surface area contributed by atoms with Gasteiger partial charge in [-0.2, -0.15) is 11.8 Å². The molecule has 0 saturated carbocycles. The zero-order valence-electron chi connectivity index (χ0n) is 18.4. The lowest BCUT2D eigenvalue weighted by Crippen LogP contribution is -2.52. The van der Waals surface area contributed by atoms with Gasteiger partial charge in [0.05, 0.1) is 7.11 Å². The van der Waals surface area contributed by atoms with Crippen molar-refractivity contribution >= 4 is 17.7 Å². The van der Waals surface area contributed by atoms with Crippen LogP contribution in [0.25, 0.3) is 0 Å². The van der Waals surface area contributed by atoms with Crippen molar-refractivity contribution in [3.8, 4) is 5.75 Å². The molecule has 30 heavy (non-hydrogen) atoms. The molecule has 1 aromatic carbocycles. The minimum absolute atomic E-state index is 0.229. The summed E-state index contributed by atoms with van der Waals surface area (Å²) in [5.41, 5.74) is 0.982. The van der Waals surface area contributed by atoms with Crippen LogP contribution in [0, 0.1) is 5.82 Å². The Balaban J connectivity index is 1.43. The fourth-order valence-corrected chi connectivity index (χ4v) is 4.92. The van der Waals surface area contributed by atoms with Crippen LogP contribution in [0.1, 0.15) is 31.2 Å². The Bertz CT molecular complexity index is 704. The van der Waals surface area contributed by atoms with E-state index in [1.165, 1.54) is 7.11 Å². The highest BCUT2D eigenvalue weighted by Crippen LogP contribution is 2.33. The quantitative estimate of drug-likeness (QED) is 0.504.